The number of halogens is 1. The highest BCUT2D eigenvalue weighted by atomic mass is 19.1. The molecule has 0 aliphatic carbocycles. The highest BCUT2D eigenvalue weighted by Crippen LogP contribution is 2.44. The predicted molar refractivity (Wildman–Crippen MR) is 131 cm³/mol. The zero-order valence-corrected chi connectivity index (χ0v) is 20.0. The predicted octanol–water partition coefficient (Wildman–Crippen LogP) is 1.64. The van der Waals surface area contributed by atoms with E-state index in [0.29, 0.717) is 29.1 Å². The molecular weight excluding hydrogens is 467 g/mol. The molecule has 0 bridgehead atoms. The number of rotatable bonds is 5. The molecule has 2 aromatic carbocycles. The SMILES string of the molecule is CC1(C)OC(=C2C(=O)Nc3ccc(F)cc32)C=C1c1ccc(CN2C(CO)[C@@H](O)[C@H](O)[C@H]2CO)cc1. The van der Waals surface area contributed by atoms with E-state index in [1.165, 1.54) is 18.2 Å². The summed E-state index contributed by atoms with van der Waals surface area (Å²) in [5.74, 6) is -0.413. The van der Waals surface area contributed by atoms with Crippen molar-refractivity contribution in [2.45, 2.75) is 50.3 Å². The molecule has 2 aromatic rings. The van der Waals surface area contributed by atoms with Crippen molar-refractivity contribution in [3.63, 3.8) is 0 Å². The van der Waals surface area contributed by atoms with Crippen LogP contribution in [0.25, 0.3) is 11.1 Å². The maximum Gasteiger partial charge on any atom is 0.260 e. The minimum atomic E-state index is -1.15. The van der Waals surface area contributed by atoms with Crippen LogP contribution in [0.5, 0.6) is 0 Å². The monoisotopic (exact) mass is 496 g/mol. The Morgan fingerprint density at radius 1 is 1.03 bits per heavy atom. The largest absolute Gasteiger partial charge is 0.482 e. The molecule has 4 atom stereocenters. The number of nitrogens with zero attached hydrogens (tertiary/aromatic N) is 1. The number of benzene rings is 2. The Hall–Kier alpha value is -3.08. The third-order valence-electron chi connectivity index (χ3n) is 7.26. The fourth-order valence-electron chi connectivity index (χ4n) is 5.36. The van der Waals surface area contributed by atoms with Gasteiger partial charge in [0.05, 0.1) is 43.1 Å². The summed E-state index contributed by atoms with van der Waals surface area (Å²) in [6.07, 6.45) is -0.488. The molecule has 3 aliphatic heterocycles. The second kappa shape index (κ2) is 9.10. The van der Waals surface area contributed by atoms with Crippen LogP contribution in [0.2, 0.25) is 0 Å². The molecule has 1 fully saturated rings. The minimum Gasteiger partial charge on any atom is -0.482 e. The molecule has 1 saturated heterocycles. The summed E-state index contributed by atoms with van der Waals surface area (Å²) in [6.45, 7) is 3.42. The molecule has 5 N–H and O–H groups in total. The quantitative estimate of drug-likeness (QED) is 0.399. The van der Waals surface area contributed by atoms with E-state index in [9.17, 15) is 29.6 Å². The molecule has 1 amide bonds. The number of carbonyl (C=O) groups is 1. The van der Waals surface area contributed by atoms with E-state index in [0.717, 1.165) is 16.7 Å². The Kier molecular flexibility index (Phi) is 6.22. The van der Waals surface area contributed by atoms with Gasteiger partial charge in [0.2, 0.25) is 0 Å². The normalized spacial score (nSPS) is 29.2. The van der Waals surface area contributed by atoms with E-state index < -0.39 is 35.7 Å². The number of likely N-dealkylation sites (tertiary alicyclic amines) is 1. The van der Waals surface area contributed by atoms with Crippen LogP contribution in [0.15, 0.2) is 54.3 Å². The van der Waals surface area contributed by atoms with Crippen molar-refractivity contribution in [2.75, 3.05) is 18.5 Å². The molecule has 3 aliphatic rings. The van der Waals surface area contributed by atoms with Crippen molar-refractivity contribution in [2.24, 2.45) is 0 Å². The smallest absolute Gasteiger partial charge is 0.260 e. The van der Waals surface area contributed by atoms with Crippen LogP contribution in [0.1, 0.15) is 30.5 Å². The Labute approximate surface area is 207 Å². The highest BCUT2D eigenvalue weighted by molar-refractivity contribution is 6.32. The van der Waals surface area contributed by atoms with E-state index in [-0.39, 0.29) is 19.1 Å². The lowest BCUT2D eigenvalue weighted by Crippen LogP contribution is -2.42. The standard InChI is InChI=1S/C27H29FN2O6/c1-27(2)18(10-22(36-27)23-17-9-16(28)7-8-19(17)29-26(23)35)15-5-3-14(4-6-15)11-30-20(12-31)24(33)25(34)21(30)13-32/h3-10,20-21,24-25,31-34H,11-13H2,1-2H3,(H,29,35)/t20-,21?,24-,25-/m1/s1. The number of carbonyl (C=O) groups excluding carboxylic acids is 1. The number of hydrogen-bond donors (Lipinski definition) is 5. The van der Waals surface area contributed by atoms with Gasteiger partial charge in [-0.15, -0.1) is 0 Å². The second-order valence-electron chi connectivity index (χ2n) is 9.90. The molecule has 190 valence electrons. The van der Waals surface area contributed by atoms with Gasteiger partial charge in [-0.2, -0.15) is 0 Å². The van der Waals surface area contributed by atoms with Gasteiger partial charge in [-0.1, -0.05) is 24.3 Å². The van der Waals surface area contributed by atoms with E-state index in [2.05, 4.69) is 5.32 Å². The maximum absolute atomic E-state index is 13.9. The topological polar surface area (TPSA) is 122 Å². The third-order valence-corrected chi connectivity index (χ3v) is 7.26. The lowest BCUT2D eigenvalue weighted by molar-refractivity contribution is -0.111. The molecule has 3 heterocycles. The first-order valence-corrected chi connectivity index (χ1v) is 11.8. The average molecular weight is 497 g/mol. The fraction of sp³-hybridized carbons (Fsp3) is 0.370. The molecule has 36 heavy (non-hydrogen) atoms. The Morgan fingerprint density at radius 3 is 2.28 bits per heavy atom. The number of amides is 1. The zero-order chi connectivity index (χ0) is 25.8. The molecule has 1 unspecified atom stereocenters. The summed E-state index contributed by atoms with van der Waals surface area (Å²) in [6, 6.07) is 10.4. The van der Waals surface area contributed by atoms with Gasteiger partial charge >= 0.3 is 0 Å². The molecule has 5 rings (SSSR count). The molecular formula is C27H29FN2O6. The number of anilines is 1. The van der Waals surface area contributed by atoms with Gasteiger partial charge in [0, 0.05) is 23.4 Å². The van der Waals surface area contributed by atoms with Crippen molar-refractivity contribution >= 4 is 22.7 Å². The van der Waals surface area contributed by atoms with Crippen LogP contribution in [-0.2, 0) is 16.1 Å². The molecule has 0 radical (unpaired) electrons. The molecule has 9 heteroatoms. The maximum atomic E-state index is 13.9. The van der Waals surface area contributed by atoms with Gasteiger partial charge in [0.15, 0.2) is 0 Å². The lowest BCUT2D eigenvalue weighted by Gasteiger charge is -2.28. The van der Waals surface area contributed by atoms with E-state index in [1.54, 1.807) is 11.0 Å². The van der Waals surface area contributed by atoms with Gasteiger partial charge in [-0.3, -0.25) is 9.69 Å². The van der Waals surface area contributed by atoms with Crippen molar-refractivity contribution < 1.29 is 34.3 Å². The zero-order valence-electron chi connectivity index (χ0n) is 20.0. The van der Waals surface area contributed by atoms with Gasteiger partial charge in [-0.25, -0.2) is 4.39 Å². The van der Waals surface area contributed by atoms with Crippen molar-refractivity contribution in [3.05, 3.63) is 76.8 Å². The third kappa shape index (κ3) is 4.03. The Bertz CT molecular complexity index is 1240. The van der Waals surface area contributed by atoms with Gasteiger partial charge < -0.3 is 30.5 Å². The fourth-order valence-corrected chi connectivity index (χ4v) is 5.36. The summed E-state index contributed by atoms with van der Waals surface area (Å²) in [5.41, 5.74) is 3.14. The van der Waals surface area contributed by atoms with Gasteiger partial charge in [0.25, 0.3) is 5.91 Å². The first-order chi connectivity index (χ1) is 17.1. The molecule has 0 spiro atoms. The van der Waals surface area contributed by atoms with Gasteiger partial charge in [0.1, 0.15) is 17.2 Å². The van der Waals surface area contributed by atoms with Gasteiger partial charge in [-0.05, 0) is 49.2 Å². The molecule has 8 nitrogen and oxygen atoms in total. The number of aliphatic hydroxyl groups is 4. The van der Waals surface area contributed by atoms with E-state index in [1.807, 2.05) is 38.1 Å². The van der Waals surface area contributed by atoms with E-state index in [4.69, 9.17) is 4.74 Å². The first kappa shape index (κ1) is 24.6. The van der Waals surface area contributed by atoms with Crippen LogP contribution >= 0.6 is 0 Å². The number of allylic oxidation sites excluding steroid dienone is 1. The summed E-state index contributed by atoms with van der Waals surface area (Å²) >= 11 is 0. The van der Waals surface area contributed by atoms with Crippen LogP contribution in [0.3, 0.4) is 0 Å². The average Bonchev–Trinajstić information content (AvgIpc) is 3.41. The van der Waals surface area contributed by atoms with Crippen molar-refractivity contribution in [1.29, 1.82) is 0 Å². The second-order valence-corrected chi connectivity index (χ2v) is 9.90. The molecule has 0 aromatic heterocycles. The van der Waals surface area contributed by atoms with Crippen LogP contribution in [0, 0.1) is 5.82 Å². The van der Waals surface area contributed by atoms with Crippen LogP contribution in [0.4, 0.5) is 10.1 Å². The summed E-state index contributed by atoms with van der Waals surface area (Å²) in [4.78, 5) is 14.4. The highest BCUT2D eigenvalue weighted by Gasteiger charge is 2.46. The Morgan fingerprint density at radius 2 is 1.67 bits per heavy atom. The molecule has 0 saturated carbocycles. The number of aliphatic hydroxyl groups excluding tert-OH is 4. The number of hydrogen-bond acceptors (Lipinski definition) is 7. The van der Waals surface area contributed by atoms with Crippen molar-refractivity contribution in [3.8, 4) is 0 Å². The summed E-state index contributed by atoms with van der Waals surface area (Å²) in [7, 11) is 0. The van der Waals surface area contributed by atoms with E-state index >= 15 is 0 Å². The minimum absolute atomic E-state index is 0.292. The number of ether oxygens (including phenoxy) is 1. The van der Waals surface area contributed by atoms with Crippen LogP contribution in [-0.4, -0.2) is 74.3 Å². The van der Waals surface area contributed by atoms with Crippen LogP contribution < -0.4 is 5.32 Å². The summed E-state index contributed by atoms with van der Waals surface area (Å²) < 4.78 is 20.1. The lowest BCUT2D eigenvalue weighted by atomic mass is 9.91. The number of nitrogens with one attached hydrogen (secondary N) is 1. The summed E-state index contributed by atoms with van der Waals surface area (Å²) in [5, 5.41) is 42.6. The Balaban J connectivity index is 1.44. The van der Waals surface area contributed by atoms with Crippen molar-refractivity contribution in [1.82, 2.24) is 4.90 Å². The number of fused-ring (bicyclic) bond motifs is 1. The first-order valence-electron chi connectivity index (χ1n) is 11.8.